The van der Waals surface area contributed by atoms with Gasteiger partial charge in [-0.15, -0.1) is 6.58 Å². The van der Waals surface area contributed by atoms with Crippen LogP contribution in [0.15, 0.2) is 36.9 Å². The highest BCUT2D eigenvalue weighted by Crippen LogP contribution is 2.09. The molecule has 1 N–H and O–H groups in total. The molecule has 0 amide bonds. The fourth-order valence-corrected chi connectivity index (χ4v) is 3.05. The van der Waals surface area contributed by atoms with Crippen LogP contribution in [0.5, 0.6) is 0 Å². The quantitative estimate of drug-likeness (QED) is 0.487. The zero-order chi connectivity index (χ0) is 17.9. The minimum Gasteiger partial charge on any atom is -0.389 e. The molecule has 1 aliphatic heterocycles. The third-order valence-electron chi connectivity index (χ3n) is 4.34. The number of rotatable bonds is 11. The van der Waals surface area contributed by atoms with E-state index in [4.69, 9.17) is 9.47 Å². The number of ether oxygens (including phenoxy) is 2. The van der Waals surface area contributed by atoms with Crippen LogP contribution in [-0.2, 0) is 16.0 Å². The van der Waals surface area contributed by atoms with Gasteiger partial charge in [0.1, 0.15) is 0 Å². The van der Waals surface area contributed by atoms with E-state index in [2.05, 4.69) is 47.6 Å². The molecule has 5 nitrogen and oxygen atoms in total. The molecule has 1 aromatic rings. The number of aliphatic hydroxyl groups excluding tert-OH is 1. The summed E-state index contributed by atoms with van der Waals surface area (Å²) in [5.74, 6) is 0. The number of benzene rings is 1. The predicted octanol–water partition coefficient (Wildman–Crippen LogP) is 1.69. The fraction of sp³-hybridized carbons (Fsp3) is 0.600. The minimum atomic E-state index is -0.491. The fourth-order valence-electron chi connectivity index (χ4n) is 3.05. The van der Waals surface area contributed by atoms with E-state index in [9.17, 15) is 5.11 Å². The Bertz CT molecular complexity index is 503. The maximum Gasteiger partial charge on any atom is 0.0900 e. The third kappa shape index (κ3) is 8.12. The summed E-state index contributed by atoms with van der Waals surface area (Å²) in [4.78, 5) is 4.74. The summed E-state index contributed by atoms with van der Waals surface area (Å²) in [6, 6.07) is 8.56. The number of morpholine rings is 1. The van der Waals surface area contributed by atoms with Crippen molar-refractivity contribution in [2.75, 3.05) is 59.2 Å². The van der Waals surface area contributed by atoms with Gasteiger partial charge in [0.05, 0.1) is 32.5 Å². The standard InChI is InChI=1S/C20H32N2O3/c1-3-11-25-17-20(23)16-22(8-7-21-9-12-24-13-10-21)15-19-6-4-5-18(2)14-19/h3-6,14,20,23H,1,7-13,15-17H2,2H3/t20-/m1/s1. The van der Waals surface area contributed by atoms with Crippen LogP contribution in [0.25, 0.3) is 0 Å². The van der Waals surface area contributed by atoms with Crippen LogP contribution in [0, 0.1) is 6.92 Å². The topological polar surface area (TPSA) is 45.2 Å². The Hall–Kier alpha value is -1.24. The molecule has 25 heavy (non-hydrogen) atoms. The average molecular weight is 348 g/mol. The molecule has 2 rings (SSSR count). The van der Waals surface area contributed by atoms with Gasteiger partial charge in [-0.25, -0.2) is 0 Å². The van der Waals surface area contributed by atoms with Crippen LogP contribution in [-0.4, -0.2) is 80.2 Å². The van der Waals surface area contributed by atoms with Crippen LogP contribution in [0.3, 0.4) is 0 Å². The normalized spacial score (nSPS) is 16.9. The molecular formula is C20H32N2O3. The lowest BCUT2D eigenvalue weighted by Gasteiger charge is -2.31. The monoisotopic (exact) mass is 348 g/mol. The van der Waals surface area contributed by atoms with Gasteiger partial charge in [-0.05, 0) is 12.5 Å². The summed E-state index contributed by atoms with van der Waals surface area (Å²) < 4.78 is 10.8. The van der Waals surface area contributed by atoms with Crippen molar-refractivity contribution < 1.29 is 14.6 Å². The summed E-state index contributed by atoms with van der Waals surface area (Å²) in [6.07, 6.45) is 1.21. The largest absolute Gasteiger partial charge is 0.389 e. The highest BCUT2D eigenvalue weighted by molar-refractivity contribution is 5.22. The van der Waals surface area contributed by atoms with E-state index >= 15 is 0 Å². The van der Waals surface area contributed by atoms with E-state index in [1.807, 2.05) is 0 Å². The van der Waals surface area contributed by atoms with Crippen LogP contribution in [0.1, 0.15) is 11.1 Å². The first-order chi connectivity index (χ1) is 12.2. The lowest BCUT2D eigenvalue weighted by atomic mass is 10.1. The SMILES string of the molecule is C=CCOC[C@H](O)CN(CCN1CCOCC1)Cc1cccc(C)c1. The van der Waals surface area contributed by atoms with Gasteiger partial charge < -0.3 is 14.6 Å². The second kappa shape index (κ2) is 11.4. The van der Waals surface area contributed by atoms with Crippen LogP contribution in [0.2, 0.25) is 0 Å². The first kappa shape index (κ1) is 20.1. The van der Waals surface area contributed by atoms with Gasteiger partial charge >= 0.3 is 0 Å². The first-order valence-corrected chi connectivity index (χ1v) is 9.12. The van der Waals surface area contributed by atoms with Gasteiger partial charge in [-0.3, -0.25) is 9.80 Å². The van der Waals surface area contributed by atoms with Gasteiger partial charge in [-0.2, -0.15) is 0 Å². The van der Waals surface area contributed by atoms with Crippen molar-refractivity contribution in [1.82, 2.24) is 9.80 Å². The second-order valence-electron chi connectivity index (χ2n) is 6.66. The Morgan fingerprint density at radius 1 is 1.40 bits per heavy atom. The number of aryl methyl sites for hydroxylation is 1. The summed E-state index contributed by atoms with van der Waals surface area (Å²) in [7, 11) is 0. The second-order valence-corrected chi connectivity index (χ2v) is 6.66. The smallest absolute Gasteiger partial charge is 0.0900 e. The average Bonchev–Trinajstić information content (AvgIpc) is 2.61. The molecule has 0 saturated carbocycles. The summed E-state index contributed by atoms with van der Waals surface area (Å²) in [5, 5.41) is 10.3. The molecule has 0 aromatic heterocycles. The molecule has 0 spiro atoms. The van der Waals surface area contributed by atoms with Crippen LogP contribution >= 0.6 is 0 Å². The molecule has 1 heterocycles. The van der Waals surface area contributed by atoms with Crippen molar-refractivity contribution in [3.05, 3.63) is 48.0 Å². The summed E-state index contributed by atoms with van der Waals surface area (Å²) in [6.45, 7) is 13.5. The van der Waals surface area contributed by atoms with Gasteiger partial charge in [0.2, 0.25) is 0 Å². The Kier molecular flexibility index (Phi) is 9.15. The van der Waals surface area contributed by atoms with E-state index in [0.717, 1.165) is 45.9 Å². The lowest BCUT2D eigenvalue weighted by molar-refractivity contribution is 0.0128. The molecule has 0 radical (unpaired) electrons. The molecule has 0 bridgehead atoms. The lowest BCUT2D eigenvalue weighted by Crippen LogP contribution is -2.43. The maximum atomic E-state index is 10.3. The molecule has 1 saturated heterocycles. The molecule has 0 aliphatic carbocycles. The molecule has 5 heteroatoms. The molecule has 140 valence electrons. The predicted molar refractivity (Wildman–Crippen MR) is 101 cm³/mol. The van der Waals surface area contributed by atoms with Crippen molar-refractivity contribution >= 4 is 0 Å². The number of aliphatic hydroxyl groups is 1. The Morgan fingerprint density at radius 3 is 2.92 bits per heavy atom. The van der Waals surface area contributed by atoms with E-state index in [1.165, 1.54) is 11.1 Å². The Labute approximate surface area is 151 Å². The summed E-state index contributed by atoms with van der Waals surface area (Å²) in [5.41, 5.74) is 2.54. The first-order valence-electron chi connectivity index (χ1n) is 9.12. The van der Waals surface area contributed by atoms with Gasteiger partial charge in [0.15, 0.2) is 0 Å². The van der Waals surface area contributed by atoms with E-state index in [-0.39, 0.29) is 0 Å². The maximum absolute atomic E-state index is 10.3. The summed E-state index contributed by atoms with van der Waals surface area (Å²) >= 11 is 0. The molecule has 1 aromatic carbocycles. The van der Waals surface area contributed by atoms with Crippen LogP contribution in [0.4, 0.5) is 0 Å². The third-order valence-corrected chi connectivity index (χ3v) is 4.34. The van der Waals surface area contributed by atoms with Gasteiger partial charge in [-0.1, -0.05) is 35.9 Å². The van der Waals surface area contributed by atoms with Crippen molar-refractivity contribution in [3.8, 4) is 0 Å². The van der Waals surface area contributed by atoms with Crippen molar-refractivity contribution in [2.24, 2.45) is 0 Å². The van der Waals surface area contributed by atoms with E-state index < -0.39 is 6.10 Å². The minimum absolute atomic E-state index is 0.341. The number of nitrogens with zero attached hydrogens (tertiary/aromatic N) is 2. The highest BCUT2D eigenvalue weighted by Gasteiger charge is 2.16. The van der Waals surface area contributed by atoms with Gasteiger partial charge in [0.25, 0.3) is 0 Å². The molecule has 0 unspecified atom stereocenters. The zero-order valence-corrected chi connectivity index (χ0v) is 15.4. The molecular weight excluding hydrogens is 316 g/mol. The molecule has 1 aliphatic rings. The highest BCUT2D eigenvalue weighted by atomic mass is 16.5. The van der Waals surface area contributed by atoms with Crippen LogP contribution < -0.4 is 0 Å². The Balaban J connectivity index is 1.88. The number of hydrogen-bond donors (Lipinski definition) is 1. The number of hydrogen-bond acceptors (Lipinski definition) is 5. The molecule has 1 atom stereocenters. The zero-order valence-electron chi connectivity index (χ0n) is 15.4. The van der Waals surface area contributed by atoms with Gasteiger partial charge in [0, 0.05) is 39.3 Å². The van der Waals surface area contributed by atoms with Crippen molar-refractivity contribution in [3.63, 3.8) is 0 Å². The van der Waals surface area contributed by atoms with Crippen molar-refractivity contribution in [1.29, 1.82) is 0 Å². The molecule has 1 fully saturated rings. The van der Waals surface area contributed by atoms with Crippen molar-refractivity contribution in [2.45, 2.75) is 19.6 Å². The Morgan fingerprint density at radius 2 is 2.20 bits per heavy atom. The van der Waals surface area contributed by atoms with E-state index in [0.29, 0.717) is 19.8 Å². The van der Waals surface area contributed by atoms with E-state index in [1.54, 1.807) is 6.08 Å².